The van der Waals surface area contributed by atoms with Crippen LogP contribution in [0.3, 0.4) is 0 Å². The monoisotopic (exact) mass is 207 g/mol. The van der Waals surface area contributed by atoms with Crippen LogP contribution in [-0.2, 0) is 0 Å². The second kappa shape index (κ2) is 6.05. The van der Waals surface area contributed by atoms with Crippen molar-refractivity contribution in [2.45, 2.75) is 0 Å². The predicted octanol–water partition coefficient (Wildman–Crippen LogP) is 1.77. The summed E-state index contributed by atoms with van der Waals surface area (Å²) < 4.78 is 18.4. The molecule has 80 valence electrons. The topological polar surface area (TPSA) is 12.5 Å². The Morgan fingerprint density at radius 2 is 2.20 bits per heavy atom. The fraction of sp³-hybridized carbons (Fsp3) is 0.333. The summed E-state index contributed by atoms with van der Waals surface area (Å²) in [6, 6.07) is 6.35. The van der Waals surface area contributed by atoms with Crippen molar-refractivity contribution in [3.8, 4) is 18.1 Å². The van der Waals surface area contributed by atoms with E-state index in [0.717, 1.165) is 0 Å². The van der Waals surface area contributed by atoms with Gasteiger partial charge in [-0.2, -0.15) is 0 Å². The van der Waals surface area contributed by atoms with Crippen LogP contribution in [0, 0.1) is 18.2 Å². The Kier molecular flexibility index (Phi) is 4.65. The third-order valence-electron chi connectivity index (χ3n) is 1.93. The van der Waals surface area contributed by atoms with Gasteiger partial charge in [-0.1, -0.05) is 18.1 Å². The zero-order valence-electron chi connectivity index (χ0n) is 8.74. The smallest absolute Gasteiger partial charge is 0.165 e. The molecule has 1 rings (SSSR count). The zero-order valence-corrected chi connectivity index (χ0v) is 8.74. The van der Waals surface area contributed by atoms with Gasteiger partial charge in [-0.3, -0.25) is 4.90 Å². The van der Waals surface area contributed by atoms with Gasteiger partial charge in [-0.15, -0.1) is 6.42 Å². The molecule has 0 N–H and O–H groups in total. The van der Waals surface area contributed by atoms with Gasteiger partial charge in [0.15, 0.2) is 11.6 Å². The molecule has 0 saturated carbocycles. The molecular weight excluding hydrogens is 193 g/mol. The number of para-hydroxylation sites is 1. The lowest BCUT2D eigenvalue weighted by atomic mass is 10.3. The van der Waals surface area contributed by atoms with Crippen LogP contribution < -0.4 is 4.74 Å². The van der Waals surface area contributed by atoms with Gasteiger partial charge in [0.05, 0.1) is 6.54 Å². The van der Waals surface area contributed by atoms with Crippen LogP contribution in [0.1, 0.15) is 0 Å². The quantitative estimate of drug-likeness (QED) is 0.682. The van der Waals surface area contributed by atoms with Gasteiger partial charge < -0.3 is 4.74 Å². The molecule has 15 heavy (non-hydrogen) atoms. The van der Waals surface area contributed by atoms with E-state index in [1.165, 1.54) is 6.07 Å². The lowest BCUT2D eigenvalue weighted by Crippen LogP contribution is -2.24. The number of terminal acetylenes is 1. The van der Waals surface area contributed by atoms with Gasteiger partial charge in [-0.25, -0.2) is 4.39 Å². The first-order chi connectivity index (χ1) is 7.24. The first kappa shape index (κ1) is 11.5. The number of benzene rings is 1. The molecule has 0 spiro atoms. The van der Waals surface area contributed by atoms with E-state index >= 15 is 0 Å². The van der Waals surface area contributed by atoms with E-state index in [-0.39, 0.29) is 11.6 Å². The van der Waals surface area contributed by atoms with Crippen LogP contribution in [0.2, 0.25) is 0 Å². The Bertz CT molecular complexity index is 346. The van der Waals surface area contributed by atoms with E-state index in [2.05, 4.69) is 5.92 Å². The SMILES string of the molecule is C#CCN(C)CCOc1ccccc1F. The molecule has 0 fully saturated rings. The number of rotatable bonds is 5. The Labute approximate surface area is 89.7 Å². The molecule has 0 aromatic heterocycles. The molecule has 1 aromatic carbocycles. The maximum Gasteiger partial charge on any atom is 0.165 e. The number of ether oxygens (including phenoxy) is 1. The molecule has 3 heteroatoms. The lowest BCUT2D eigenvalue weighted by Gasteiger charge is -2.13. The normalized spacial score (nSPS) is 10.0. The van der Waals surface area contributed by atoms with E-state index in [0.29, 0.717) is 19.7 Å². The highest BCUT2D eigenvalue weighted by Gasteiger charge is 2.01. The molecule has 0 heterocycles. The van der Waals surface area contributed by atoms with Gasteiger partial charge in [-0.05, 0) is 19.2 Å². The molecule has 0 saturated heterocycles. The van der Waals surface area contributed by atoms with Gasteiger partial charge in [0.2, 0.25) is 0 Å². The summed E-state index contributed by atoms with van der Waals surface area (Å²) in [4.78, 5) is 1.93. The van der Waals surface area contributed by atoms with Crippen LogP contribution in [0.5, 0.6) is 5.75 Å². The van der Waals surface area contributed by atoms with Crippen LogP contribution in [0.25, 0.3) is 0 Å². The largest absolute Gasteiger partial charge is 0.489 e. The van der Waals surface area contributed by atoms with Crippen LogP contribution in [0.15, 0.2) is 24.3 Å². The second-order valence-electron chi connectivity index (χ2n) is 3.22. The zero-order chi connectivity index (χ0) is 11.1. The summed E-state index contributed by atoms with van der Waals surface area (Å²) in [7, 11) is 1.89. The fourth-order valence-electron chi connectivity index (χ4n) is 1.11. The van der Waals surface area contributed by atoms with Crippen molar-refractivity contribution >= 4 is 0 Å². The fourth-order valence-corrected chi connectivity index (χ4v) is 1.11. The highest BCUT2D eigenvalue weighted by molar-refractivity contribution is 5.23. The van der Waals surface area contributed by atoms with Crippen molar-refractivity contribution in [2.75, 3.05) is 26.7 Å². The summed E-state index contributed by atoms with van der Waals surface area (Å²) in [6.45, 7) is 1.68. The van der Waals surface area contributed by atoms with E-state index < -0.39 is 0 Å². The van der Waals surface area contributed by atoms with Crippen molar-refractivity contribution in [1.29, 1.82) is 0 Å². The van der Waals surface area contributed by atoms with Crippen LogP contribution in [0.4, 0.5) is 4.39 Å². The van der Waals surface area contributed by atoms with E-state index in [1.807, 2.05) is 11.9 Å². The number of likely N-dealkylation sites (N-methyl/N-ethyl adjacent to an activating group) is 1. The molecule has 1 aromatic rings. The summed E-state index contributed by atoms with van der Waals surface area (Å²) in [5.41, 5.74) is 0. The molecule has 2 nitrogen and oxygen atoms in total. The number of halogens is 1. The number of hydrogen-bond donors (Lipinski definition) is 0. The van der Waals surface area contributed by atoms with Crippen LogP contribution >= 0.6 is 0 Å². The van der Waals surface area contributed by atoms with Crippen molar-refractivity contribution in [1.82, 2.24) is 4.90 Å². The highest BCUT2D eigenvalue weighted by atomic mass is 19.1. The minimum absolute atomic E-state index is 0.284. The maximum atomic E-state index is 13.1. The average molecular weight is 207 g/mol. The molecule has 0 aliphatic rings. The van der Waals surface area contributed by atoms with Crippen molar-refractivity contribution in [2.24, 2.45) is 0 Å². The Balaban J connectivity index is 2.32. The van der Waals surface area contributed by atoms with E-state index in [1.54, 1.807) is 18.2 Å². The maximum absolute atomic E-state index is 13.1. The molecule has 0 radical (unpaired) electrons. The first-order valence-electron chi connectivity index (χ1n) is 4.73. The van der Waals surface area contributed by atoms with E-state index in [4.69, 9.17) is 11.2 Å². The third-order valence-corrected chi connectivity index (χ3v) is 1.93. The molecule has 0 bridgehead atoms. The Morgan fingerprint density at radius 1 is 1.47 bits per heavy atom. The highest BCUT2D eigenvalue weighted by Crippen LogP contribution is 2.14. The summed E-state index contributed by atoms with van der Waals surface area (Å²) in [5, 5.41) is 0. The van der Waals surface area contributed by atoms with Gasteiger partial charge in [0.25, 0.3) is 0 Å². The average Bonchev–Trinajstić information content (AvgIpc) is 2.21. The van der Waals surface area contributed by atoms with E-state index in [9.17, 15) is 4.39 Å². The molecule has 0 amide bonds. The van der Waals surface area contributed by atoms with Crippen molar-refractivity contribution in [3.63, 3.8) is 0 Å². The van der Waals surface area contributed by atoms with Crippen molar-refractivity contribution < 1.29 is 9.13 Å². The minimum atomic E-state index is -0.336. The third kappa shape index (κ3) is 4.01. The minimum Gasteiger partial charge on any atom is -0.489 e. The van der Waals surface area contributed by atoms with Gasteiger partial charge in [0.1, 0.15) is 6.61 Å². The lowest BCUT2D eigenvalue weighted by molar-refractivity contribution is 0.243. The van der Waals surface area contributed by atoms with Gasteiger partial charge >= 0.3 is 0 Å². The predicted molar refractivity (Wildman–Crippen MR) is 58.2 cm³/mol. The summed E-state index contributed by atoms with van der Waals surface area (Å²) in [6.07, 6.45) is 5.14. The molecule has 0 aliphatic carbocycles. The molecular formula is C12H14FNO. The standard InChI is InChI=1S/C12H14FNO/c1-3-8-14(2)9-10-15-12-7-5-4-6-11(12)13/h1,4-7H,8-10H2,2H3. The van der Waals surface area contributed by atoms with Crippen molar-refractivity contribution in [3.05, 3.63) is 30.1 Å². The first-order valence-corrected chi connectivity index (χ1v) is 4.73. The summed E-state index contributed by atoms with van der Waals surface area (Å²) in [5.74, 6) is 2.47. The second-order valence-corrected chi connectivity index (χ2v) is 3.22. The Morgan fingerprint density at radius 3 is 2.87 bits per heavy atom. The number of hydrogen-bond acceptors (Lipinski definition) is 2. The Hall–Kier alpha value is -1.53. The number of nitrogens with zero attached hydrogens (tertiary/aromatic N) is 1. The molecule has 0 unspecified atom stereocenters. The molecule has 0 atom stereocenters. The molecule has 0 aliphatic heterocycles. The summed E-state index contributed by atoms with van der Waals surface area (Å²) >= 11 is 0. The van der Waals surface area contributed by atoms with Crippen LogP contribution in [-0.4, -0.2) is 31.6 Å². The van der Waals surface area contributed by atoms with Gasteiger partial charge in [0, 0.05) is 6.54 Å².